The zero-order chi connectivity index (χ0) is 18.1. The molecule has 0 fully saturated rings. The largest absolute Gasteiger partial charge is 0.337 e. The molecule has 2 nitrogen and oxygen atoms in total. The lowest BCUT2D eigenvalue weighted by Crippen LogP contribution is -1.85. The SMILES string of the molecule is Fc1ccc(-c2nc(-c3ccccc3)c(-c3cccc(Cl)c3Cl)[nH]2)cc1. The third kappa shape index (κ3) is 3.12. The first-order valence-corrected chi connectivity index (χ1v) is 8.75. The molecule has 0 aliphatic heterocycles. The number of hydrogen-bond acceptors (Lipinski definition) is 1. The lowest BCUT2D eigenvalue weighted by Gasteiger charge is -2.06. The van der Waals surface area contributed by atoms with Gasteiger partial charge in [-0.15, -0.1) is 0 Å². The quantitative estimate of drug-likeness (QED) is 0.411. The minimum absolute atomic E-state index is 0.290. The van der Waals surface area contributed by atoms with E-state index in [0.717, 1.165) is 28.1 Å². The Bertz CT molecular complexity index is 1060. The lowest BCUT2D eigenvalue weighted by molar-refractivity contribution is 0.628. The Labute approximate surface area is 160 Å². The first kappa shape index (κ1) is 16.8. The molecule has 0 saturated heterocycles. The van der Waals surface area contributed by atoms with Crippen molar-refractivity contribution in [3.63, 3.8) is 0 Å². The van der Waals surface area contributed by atoms with Gasteiger partial charge in [-0.2, -0.15) is 0 Å². The summed E-state index contributed by atoms with van der Waals surface area (Å²) in [6.45, 7) is 0. The van der Waals surface area contributed by atoms with E-state index in [0.29, 0.717) is 15.9 Å². The van der Waals surface area contributed by atoms with Gasteiger partial charge in [0.1, 0.15) is 11.6 Å². The maximum Gasteiger partial charge on any atom is 0.138 e. The molecule has 4 aromatic rings. The van der Waals surface area contributed by atoms with Gasteiger partial charge in [0.15, 0.2) is 0 Å². The van der Waals surface area contributed by atoms with Crippen molar-refractivity contribution in [3.8, 4) is 33.9 Å². The van der Waals surface area contributed by atoms with Gasteiger partial charge in [-0.3, -0.25) is 0 Å². The number of benzene rings is 3. The zero-order valence-corrected chi connectivity index (χ0v) is 15.0. The van der Waals surface area contributed by atoms with Gasteiger partial charge >= 0.3 is 0 Å². The Morgan fingerprint density at radius 3 is 2.23 bits per heavy atom. The van der Waals surface area contributed by atoms with E-state index in [-0.39, 0.29) is 5.82 Å². The molecule has 4 rings (SSSR count). The minimum Gasteiger partial charge on any atom is -0.337 e. The number of hydrogen-bond donors (Lipinski definition) is 1. The number of rotatable bonds is 3. The fraction of sp³-hybridized carbons (Fsp3) is 0. The minimum atomic E-state index is -0.290. The maximum absolute atomic E-state index is 13.3. The van der Waals surface area contributed by atoms with Gasteiger partial charge in [0.2, 0.25) is 0 Å². The highest BCUT2D eigenvalue weighted by atomic mass is 35.5. The molecule has 0 spiro atoms. The summed E-state index contributed by atoms with van der Waals surface area (Å²) in [6, 6.07) is 21.5. The van der Waals surface area contributed by atoms with Crippen LogP contribution in [0.3, 0.4) is 0 Å². The van der Waals surface area contributed by atoms with Gasteiger partial charge in [-0.25, -0.2) is 9.37 Å². The predicted octanol–water partition coefficient (Wildman–Crippen LogP) is 6.86. The zero-order valence-electron chi connectivity index (χ0n) is 13.5. The summed E-state index contributed by atoms with van der Waals surface area (Å²) in [5, 5.41) is 0.932. The monoisotopic (exact) mass is 382 g/mol. The van der Waals surface area contributed by atoms with Crippen LogP contribution in [-0.2, 0) is 0 Å². The molecule has 1 heterocycles. The second-order valence-electron chi connectivity index (χ2n) is 5.78. The number of imidazole rings is 1. The Morgan fingerprint density at radius 1 is 0.769 bits per heavy atom. The maximum atomic E-state index is 13.3. The first-order valence-electron chi connectivity index (χ1n) is 7.99. The summed E-state index contributed by atoms with van der Waals surface area (Å²) >= 11 is 12.6. The third-order valence-corrected chi connectivity index (χ3v) is 4.91. The molecule has 0 aliphatic carbocycles. The number of aromatic nitrogens is 2. The normalized spacial score (nSPS) is 10.9. The molecule has 0 saturated carbocycles. The van der Waals surface area contributed by atoms with Gasteiger partial charge in [0, 0.05) is 16.7 Å². The Morgan fingerprint density at radius 2 is 1.50 bits per heavy atom. The van der Waals surface area contributed by atoms with Crippen molar-refractivity contribution < 1.29 is 4.39 Å². The van der Waals surface area contributed by atoms with Crippen LogP contribution in [0.1, 0.15) is 0 Å². The molecule has 0 aliphatic rings. The van der Waals surface area contributed by atoms with Crippen LogP contribution in [0.5, 0.6) is 0 Å². The van der Waals surface area contributed by atoms with Crippen LogP contribution in [0, 0.1) is 5.82 Å². The Balaban J connectivity index is 1.94. The van der Waals surface area contributed by atoms with E-state index in [9.17, 15) is 4.39 Å². The molecule has 0 amide bonds. The molecule has 0 radical (unpaired) electrons. The van der Waals surface area contributed by atoms with Crippen molar-refractivity contribution in [2.24, 2.45) is 0 Å². The van der Waals surface area contributed by atoms with Crippen molar-refractivity contribution >= 4 is 23.2 Å². The highest BCUT2D eigenvalue weighted by molar-refractivity contribution is 6.43. The van der Waals surface area contributed by atoms with E-state index in [2.05, 4.69) is 4.98 Å². The lowest BCUT2D eigenvalue weighted by atomic mass is 10.1. The van der Waals surface area contributed by atoms with Gasteiger partial charge < -0.3 is 4.98 Å². The Hall–Kier alpha value is -2.62. The summed E-state index contributed by atoms with van der Waals surface area (Å²) in [6.07, 6.45) is 0. The van der Waals surface area contributed by atoms with E-state index in [1.165, 1.54) is 12.1 Å². The topological polar surface area (TPSA) is 28.7 Å². The summed E-state index contributed by atoms with van der Waals surface area (Å²) in [5.41, 5.74) is 4.02. The van der Waals surface area contributed by atoms with Gasteiger partial charge in [-0.05, 0) is 30.3 Å². The average molecular weight is 383 g/mol. The van der Waals surface area contributed by atoms with Crippen LogP contribution in [0.15, 0.2) is 72.8 Å². The molecular formula is C21H13Cl2FN2. The van der Waals surface area contributed by atoms with Gasteiger partial charge in [0.25, 0.3) is 0 Å². The fourth-order valence-corrected chi connectivity index (χ4v) is 3.21. The average Bonchev–Trinajstić information content (AvgIpc) is 3.10. The molecule has 5 heteroatoms. The molecule has 26 heavy (non-hydrogen) atoms. The van der Waals surface area contributed by atoms with Crippen LogP contribution in [0.2, 0.25) is 10.0 Å². The van der Waals surface area contributed by atoms with Crippen molar-refractivity contribution in [1.29, 1.82) is 0 Å². The molecule has 0 bridgehead atoms. The summed E-state index contributed by atoms with van der Waals surface area (Å²) in [5.74, 6) is 0.344. The summed E-state index contributed by atoms with van der Waals surface area (Å²) in [7, 11) is 0. The van der Waals surface area contributed by atoms with E-state index in [4.69, 9.17) is 28.2 Å². The van der Waals surface area contributed by atoms with Crippen LogP contribution < -0.4 is 0 Å². The number of H-pyrrole nitrogens is 1. The van der Waals surface area contributed by atoms with Crippen molar-refractivity contribution in [3.05, 3.63) is 88.7 Å². The fourth-order valence-electron chi connectivity index (χ4n) is 2.81. The van der Waals surface area contributed by atoms with E-state index >= 15 is 0 Å². The molecule has 1 aromatic heterocycles. The van der Waals surface area contributed by atoms with Crippen LogP contribution in [0.25, 0.3) is 33.9 Å². The van der Waals surface area contributed by atoms with E-state index in [1.807, 2.05) is 42.5 Å². The third-order valence-electron chi connectivity index (χ3n) is 4.09. The van der Waals surface area contributed by atoms with Crippen molar-refractivity contribution in [2.75, 3.05) is 0 Å². The summed E-state index contributed by atoms with van der Waals surface area (Å²) in [4.78, 5) is 8.07. The summed E-state index contributed by atoms with van der Waals surface area (Å²) < 4.78 is 13.3. The molecular weight excluding hydrogens is 370 g/mol. The number of aromatic amines is 1. The molecule has 3 aromatic carbocycles. The van der Waals surface area contributed by atoms with Gasteiger partial charge in [-0.1, -0.05) is 65.7 Å². The number of nitrogens with zero attached hydrogens (tertiary/aromatic N) is 1. The van der Waals surface area contributed by atoms with Crippen LogP contribution in [-0.4, -0.2) is 9.97 Å². The number of halogens is 3. The molecule has 0 atom stereocenters. The standard InChI is InChI=1S/C21H13Cl2FN2/c22-17-8-4-7-16(18(17)23)20-19(13-5-2-1-3-6-13)25-21(26-20)14-9-11-15(24)12-10-14/h1-12H,(H,25,26). The van der Waals surface area contributed by atoms with Crippen molar-refractivity contribution in [1.82, 2.24) is 9.97 Å². The van der Waals surface area contributed by atoms with Crippen molar-refractivity contribution in [2.45, 2.75) is 0 Å². The van der Waals surface area contributed by atoms with Gasteiger partial charge in [0.05, 0.1) is 21.4 Å². The molecule has 128 valence electrons. The molecule has 0 unspecified atom stereocenters. The molecule has 1 N–H and O–H groups in total. The first-order chi connectivity index (χ1) is 12.6. The highest BCUT2D eigenvalue weighted by Crippen LogP contribution is 2.38. The smallest absolute Gasteiger partial charge is 0.138 e. The van der Waals surface area contributed by atoms with Crippen LogP contribution >= 0.6 is 23.2 Å². The number of nitrogens with one attached hydrogen (secondary N) is 1. The predicted molar refractivity (Wildman–Crippen MR) is 105 cm³/mol. The van der Waals surface area contributed by atoms with E-state index < -0.39 is 0 Å². The second-order valence-corrected chi connectivity index (χ2v) is 6.57. The second kappa shape index (κ2) is 6.94. The highest BCUT2D eigenvalue weighted by Gasteiger charge is 2.18. The van der Waals surface area contributed by atoms with Crippen LogP contribution in [0.4, 0.5) is 4.39 Å². The Kier molecular flexibility index (Phi) is 4.49. The van der Waals surface area contributed by atoms with E-state index in [1.54, 1.807) is 18.2 Å².